The summed E-state index contributed by atoms with van der Waals surface area (Å²) in [5.74, 6) is 0.317. The Hall–Kier alpha value is 1.63. The molecule has 0 aromatic rings. The van der Waals surface area contributed by atoms with Gasteiger partial charge in [-0.2, -0.15) is 0 Å². The maximum absolute atomic E-state index is 12.4. The van der Waals surface area contributed by atoms with E-state index in [2.05, 4.69) is 18.3 Å². The Kier molecular flexibility index (Phi) is 16.4. The Labute approximate surface area is 263 Å². The normalized spacial score (nSPS) is 28.7. The van der Waals surface area contributed by atoms with E-state index in [1.165, 1.54) is 5.57 Å². The van der Waals surface area contributed by atoms with E-state index in [0.717, 1.165) is 6.42 Å². The van der Waals surface area contributed by atoms with Gasteiger partial charge in [0, 0.05) is 19.1 Å². The molecule has 1 N–H and O–H groups in total. The van der Waals surface area contributed by atoms with Gasteiger partial charge in [-0.1, -0.05) is 32.4 Å². The number of hydrogen-bond donors (Lipinski definition) is 1. The van der Waals surface area contributed by atoms with Crippen molar-refractivity contribution in [3.8, 4) is 0 Å². The average Bonchev–Trinajstić information content (AvgIpc) is 3.43. The third-order valence-electron chi connectivity index (χ3n) is 6.12. The molecule has 0 radical (unpaired) electrons. The van der Waals surface area contributed by atoms with E-state index in [4.69, 9.17) is 18.9 Å². The standard InChI is InChI=1S/C22H38NO6.Cs.HI/c1-14(2)8-10-27-12-16(5)19-20(26-6)18(7-9-22(19)13-28-22)29-21(25)23-17(11-24)15(3)4;;/h8,15-20H,7,9-13H2,1-6H3,(H,23,25);;1H/q-1;+1;/p-1/t16-,17+,18?,19?,20?,22+;;/m1../s1. The number of alkyl carbamates (subject to hydrolysis) is 1. The Morgan fingerprint density at radius 1 is 1.32 bits per heavy atom. The number of hydrogen-bond acceptors (Lipinski definition) is 6. The van der Waals surface area contributed by atoms with Gasteiger partial charge in [-0.3, -0.25) is 0 Å². The molecule has 1 saturated carbocycles. The number of ether oxygens (including phenoxy) is 4. The first-order valence-electron chi connectivity index (χ1n) is 10.7. The van der Waals surface area contributed by atoms with Crippen molar-refractivity contribution in [3.05, 3.63) is 11.6 Å². The van der Waals surface area contributed by atoms with Crippen molar-refractivity contribution in [2.24, 2.45) is 17.8 Å². The molecule has 2 rings (SSSR count). The fourth-order valence-electron chi connectivity index (χ4n) is 4.25. The molecule has 2 fully saturated rings. The number of nitrogens with one attached hydrogen (secondary N) is 1. The van der Waals surface area contributed by atoms with Crippen molar-refractivity contribution in [1.82, 2.24) is 5.32 Å². The minimum atomic E-state index is -0.550. The molecule has 0 aromatic heterocycles. The molecule has 0 bridgehead atoms. The Bertz CT molecular complexity index is 568. The van der Waals surface area contributed by atoms with E-state index in [9.17, 15) is 9.90 Å². The quantitative estimate of drug-likeness (QED) is 0.111. The van der Waals surface area contributed by atoms with Crippen LogP contribution in [0.3, 0.4) is 0 Å². The van der Waals surface area contributed by atoms with Crippen molar-refractivity contribution in [3.63, 3.8) is 0 Å². The molecule has 1 heterocycles. The number of epoxide rings is 1. The van der Waals surface area contributed by atoms with Crippen molar-refractivity contribution >= 4 is 6.09 Å². The van der Waals surface area contributed by atoms with Gasteiger partial charge < -0.3 is 53.3 Å². The van der Waals surface area contributed by atoms with Crippen LogP contribution in [0.4, 0.5) is 4.79 Å². The van der Waals surface area contributed by atoms with E-state index in [0.29, 0.717) is 26.2 Å². The van der Waals surface area contributed by atoms with Crippen LogP contribution in [0.1, 0.15) is 47.5 Å². The molecule has 2 aliphatic rings. The number of amides is 1. The molecule has 7 nitrogen and oxygen atoms in total. The predicted molar refractivity (Wildman–Crippen MR) is 109 cm³/mol. The number of carbonyl (C=O) groups excluding carboxylic acids is 1. The molecule has 3 unspecified atom stereocenters. The van der Waals surface area contributed by atoms with Crippen LogP contribution >= 0.6 is 0 Å². The van der Waals surface area contributed by atoms with Gasteiger partial charge in [0.05, 0.1) is 25.4 Å². The maximum Gasteiger partial charge on any atom is 1.00 e. The van der Waals surface area contributed by atoms with Gasteiger partial charge in [-0.05, 0) is 38.5 Å². The summed E-state index contributed by atoms with van der Waals surface area (Å²) >= 11 is 0. The number of carbonyl (C=O) groups is 1. The summed E-state index contributed by atoms with van der Waals surface area (Å²) in [6.45, 7) is 11.5. The van der Waals surface area contributed by atoms with Crippen LogP contribution < -0.4 is 103 Å². The predicted octanol–water partition coefficient (Wildman–Crippen LogP) is -3.71. The van der Waals surface area contributed by atoms with Crippen LogP contribution in [0.2, 0.25) is 0 Å². The molecule has 1 spiro atoms. The molecule has 176 valence electrons. The van der Waals surface area contributed by atoms with Gasteiger partial charge >= 0.3 is 75.0 Å². The molecular weight excluding hydrogens is 634 g/mol. The van der Waals surface area contributed by atoms with E-state index >= 15 is 0 Å². The minimum absolute atomic E-state index is 0. The maximum atomic E-state index is 12.4. The third kappa shape index (κ3) is 9.66. The smallest absolute Gasteiger partial charge is 1.00 e. The molecule has 0 aromatic carbocycles. The average molecular weight is 672 g/mol. The van der Waals surface area contributed by atoms with Gasteiger partial charge in [0.15, 0.2) is 0 Å². The Balaban J connectivity index is 0.00000450. The van der Waals surface area contributed by atoms with E-state index < -0.39 is 12.1 Å². The van der Waals surface area contributed by atoms with Crippen LogP contribution in [0.15, 0.2) is 11.6 Å². The van der Waals surface area contributed by atoms with Gasteiger partial charge in [0.1, 0.15) is 12.2 Å². The van der Waals surface area contributed by atoms with E-state index in [1.807, 2.05) is 27.7 Å². The SMILES string of the molecule is COC1C(OC(=O)N[C@@H](C[O-])C(C)C)CC[C@]2(CO2)C1[C@H](C)COCC=C(C)C.[Cs+].[I-]. The van der Waals surface area contributed by atoms with Gasteiger partial charge in [0.2, 0.25) is 0 Å². The number of halogens is 1. The second-order valence-corrected chi connectivity index (χ2v) is 9.02. The second kappa shape index (κ2) is 15.6. The van der Waals surface area contributed by atoms with Crippen molar-refractivity contribution < 1.29 is 122 Å². The summed E-state index contributed by atoms with van der Waals surface area (Å²) in [6.07, 6.45) is 2.36. The molecule has 1 saturated heterocycles. The summed E-state index contributed by atoms with van der Waals surface area (Å²) in [5, 5.41) is 14.0. The van der Waals surface area contributed by atoms with Crippen LogP contribution in [-0.2, 0) is 18.9 Å². The van der Waals surface area contributed by atoms with Gasteiger partial charge in [0.25, 0.3) is 0 Å². The number of rotatable bonds is 10. The van der Waals surface area contributed by atoms with E-state index in [-0.39, 0.29) is 135 Å². The van der Waals surface area contributed by atoms with Gasteiger partial charge in [-0.25, -0.2) is 4.79 Å². The van der Waals surface area contributed by atoms with Crippen LogP contribution in [0.5, 0.6) is 0 Å². The number of methoxy groups -OCH3 is 1. The zero-order chi connectivity index (χ0) is 21.6. The first-order chi connectivity index (χ1) is 13.7. The fraction of sp³-hybridized carbons (Fsp3) is 0.864. The molecule has 31 heavy (non-hydrogen) atoms. The molecule has 1 amide bonds. The first kappa shape index (κ1) is 32.6. The number of allylic oxidation sites excluding steroid dienone is 1. The fourth-order valence-corrected chi connectivity index (χ4v) is 4.25. The monoisotopic (exact) mass is 672 g/mol. The molecule has 9 heteroatoms. The molecular formula is C22H38CsINO6-. The van der Waals surface area contributed by atoms with Gasteiger partial charge in [-0.15, -0.1) is 6.61 Å². The van der Waals surface area contributed by atoms with Crippen LogP contribution in [-0.4, -0.2) is 63.5 Å². The summed E-state index contributed by atoms with van der Waals surface area (Å²) < 4.78 is 23.2. The van der Waals surface area contributed by atoms with Crippen molar-refractivity contribution in [1.29, 1.82) is 0 Å². The Morgan fingerprint density at radius 2 is 1.97 bits per heavy atom. The molecule has 6 atom stereocenters. The largest absolute Gasteiger partial charge is 1.00 e. The minimum Gasteiger partial charge on any atom is -1.00 e. The topological polar surface area (TPSA) is 92.4 Å². The van der Waals surface area contributed by atoms with Crippen LogP contribution in [0, 0.1) is 17.8 Å². The summed E-state index contributed by atoms with van der Waals surface area (Å²) in [5.41, 5.74) is 1.02. The summed E-state index contributed by atoms with van der Waals surface area (Å²) in [4.78, 5) is 12.4. The Morgan fingerprint density at radius 3 is 2.45 bits per heavy atom. The first-order valence-corrected chi connectivity index (χ1v) is 10.7. The third-order valence-corrected chi connectivity index (χ3v) is 6.12. The van der Waals surface area contributed by atoms with Crippen molar-refractivity contribution in [2.45, 2.75) is 71.3 Å². The summed E-state index contributed by atoms with van der Waals surface area (Å²) in [6, 6.07) is -0.441. The van der Waals surface area contributed by atoms with Crippen LogP contribution in [0.25, 0.3) is 0 Å². The zero-order valence-corrected chi connectivity index (χ0v) is 28.5. The molecule has 1 aliphatic carbocycles. The zero-order valence-electron chi connectivity index (χ0n) is 20.1. The summed E-state index contributed by atoms with van der Waals surface area (Å²) in [7, 11) is 1.65. The second-order valence-electron chi connectivity index (χ2n) is 9.02. The van der Waals surface area contributed by atoms with E-state index in [1.54, 1.807) is 7.11 Å². The molecule has 1 aliphatic heterocycles. The van der Waals surface area contributed by atoms with Crippen molar-refractivity contribution in [2.75, 3.05) is 33.5 Å².